The molecule has 2 N–H and O–H groups in total. The Labute approximate surface area is 371 Å². The third-order valence-electron chi connectivity index (χ3n) is 11.2. The minimum atomic E-state index is -1.02. The van der Waals surface area contributed by atoms with Gasteiger partial charge in [0.15, 0.2) is 0 Å². The van der Waals surface area contributed by atoms with Gasteiger partial charge in [-0.3, -0.25) is 14.4 Å². The van der Waals surface area contributed by atoms with Crippen LogP contribution in [0.5, 0.6) is 0 Å². The fourth-order valence-corrected chi connectivity index (χ4v) is 7.44. The zero-order valence-corrected chi connectivity index (χ0v) is 39.3. The summed E-state index contributed by atoms with van der Waals surface area (Å²) in [5, 5.41) is 11.1. The second-order valence-electron chi connectivity index (χ2n) is 17.0. The van der Waals surface area contributed by atoms with Gasteiger partial charge in [0.05, 0.1) is 0 Å². The van der Waals surface area contributed by atoms with E-state index in [4.69, 9.17) is 9.84 Å². The smallest absolute Gasteiger partial charge is 0.322 e. The highest BCUT2D eigenvalue weighted by atomic mass is 16.5. The maximum absolute atomic E-state index is 12.8. The predicted molar refractivity (Wildman–Crippen MR) is 258 cm³/mol. The highest BCUT2D eigenvalue weighted by Crippen LogP contribution is 2.19. The Balaban J connectivity index is 4.13. The molecule has 0 bridgehead atoms. The average molecular weight is 838 g/mol. The van der Waals surface area contributed by atoms with E-state index in [1.54, 1.807) is 0 Å². The number of carbonyl (C=O) groups excluding carboxylic acids is 2. The number of hydrogen-bond acceptors (Lipinski definition) is 4. The van der Waals surface area contributed by atoms with Crippen LogP contribution in [-0.2, 0) is 19.1 Å². The van der Waals surface area contributed by atoms with E-state index in [1.165, 1.54) is 122 Å². The van der Waals surface area contributed by atoms with Crippen molar-refractivity contribution in [3.8, 4) is 0 Å². The van der Waals surface area contributed by atoms with Crippen LogP contribution in [0.2, 0.25) is 0 Å². The Morgan fingerprint density at radius 3 is 1.30 bits per heavy atom. The van der Waals surface area contributed by atoms with Crippen LogP contribution in [0.15, 0.2) is 60.8 Å². The van der Waals surface area contributed by atoms with Gasteiger partial charge in [0, 0.05) is 12.8 Å². The van der Waals surface area contributed by atoms with Gasteiger partial charge in [-0.2, -0.15) is 0 Å². The van der Waals surface area contributed by atoms with Crippen LogP contribution in [0.4, 0.5) is 0 Å². The molecule has 0 aromatic carbocycles. The number of amides is 1. The number of hydrogen-bond donors (Lipinski definition) is 2. The summed E-state index contributed by atoms with van der Waals surface area (Å²) in [7, 11) is 0. The van der Waals surface area contributed by atoms with Crippen molar-refractivity contribution in [2.45, 2.75) is 258 Å². The second kappa shape index (κ2) is 48.8. The van der Waals surface area contributed by atoms with Crippen LogP contribution in [0, 0.1) is 0 Å². The summed E-state index contributed by atoms with van der Waals surface area (Å²) >= 11 is 0. The number of esters is 1. The fraction of sp³-hybridized carbons (Fsp3) is 0.759. The lowest BCUT2D eigenvalue weighted by atomic mass is 10.0. The molecule has 0 heterocycles. The fourth-order valence-electron chi connectivity index (χ4n) is 7.44. The summed E-state index contributed by atoms with van der Waals surface area (Å²) in [5.74, 6) is -1.26. The van der Waals surface area contributed by atoms with Crippen LogP contribution in [0.1, 0.15) is 251 Å². The molecular weight excluding hydrogens is 743 g/mol. The summed E-state index contributed by atoms with van der Waals surface area (Å²) in [6.07, 6.45) is 65.1. The van der Waals surface area contributed by atoms with Crippen molar-refractivity contribution >= 4 is 17.8 Å². The standard InChI is InChI=1S/C54H95NO5/c1-3-5-7-9-11-13-15-17-19-20-21-22-23-24-25-26-28-30-32-34-36-41-45-49-54(59)60-51(47-43-39-37-40-44-48-52(56)55-50-53(57)58)46-42-38-35-33-31-29-27-18-16-14-12-10-8-6-4-2/h6,8,12,14,18,20-21,27,31,33,51H,3-5,7,9-11,13,15-17,19,22-26,28-30,32,34-50H2,1-2H3,(H,55,56)(H,57,58)/b8-6-,14-12-,21-20-,27-18-,33-31-. The molecule has 346 valence electrons. The third-order valence-corrected chi connectivity index (χ3v) is 11.2. The van der Waals surface area contributed by atoms with Gasteiger partial charge in [0.1, 0.15) is 12.6 Å². The topological polar surface area (TPSA) is 92.7 Å². The van der Waals surface area contributed by atoms with Gasteiger partial charge in [-0.15, -0.1) is 0 Å². The van der Waals surface area contributed by atoms with E-state index in [2.05, 4.69) is 79.9 Å². The molecule has 0 spiro atoms. The molecule has 0 saturated carbocycles. The van der Waals surface area contributed by atoms with E-state index in [9.17, 15) is 14.4 Å². The molecule has 0 aliphatic carbocycles. The summed E-state index contributed by atoms with van der Waals surface area (Å²) in [6.45, 7) is 4.12. The van der Waals surface area contributed by atoms with Crippen LogP contribution < -0.4 is 5.32 Å². The van der Waals surface area contributed by atoms with Gasteiger partial charge < -0.3 is 15.2 Å². The molecule has 0 aromatic heterocycles. The van der Waals surface area contributed by atoms with Gasteiger partial charge in [0.25, 0.3) is 0 Å². The first-order valence-corrected chi connectivity index (χ1v) is 25.4. The van der Waals surface area contributed by atoms with Crippen molar-refractivity contribution in [1.82, 2.24) is 5.32 Å². The second-order valence-corrected chi connectivity index (χ2v) is 17.0. The first-order valence-electron chi connectivity index (χ1n) is 25.4. The van der Waals surface area contributed by atoms with Crippen molar-refractivity contribution in [1.29, 1.82) is 0 Å². The summed E-state index contributed by atoms with van der Waals surface area (Å²) < 4.78 is 6.04. The molecule has 60 heavy (non-hydrogen) atoms. The Kier molecular flexibility index (Phi) is 46.4. The summed E-state index contributed by atoms with van der Waals surface area (Å²) in [5.41, 5.74) is 0. The summed E-state index contributed by atoms with van der Waals surface area (Å²) in [4.78, 5) is 35.2. The minimum absolute atomic E-state index is 0.0160. The molecule has 0 aliphatic rings. The van der Waals surface area contributed by atoms with Crippen molar-refractivity contribution < 1.29 is 24.2 Å². The van der Waals surface area contributed by atoms with Crippen LogP contribution >= 0.6 is 0 Å². The number of ether oxygens (including phenoxy) is 1. The highest BCUT2D eigenvalue weighted by molar-refractivity contribution is 5.80. The quantitative estimate of drug-likeness (QED) is 0.0362. The average Bonchev–Trinajstić information content (AvgIpc) is 3.24. The lowest BCUT2D eigenvalue weighted by Gasteiger charge is -2.18. The number of carbonyl (C=O) groups is 3. The van der Waals surface area contributed by atoms with Crippen LogP contribution in [0.3, 0.4) is 0 Å². The predicted octanol–water partition coefficient (Wildman–Crippen LogP) is 16.4. The first kappa shape index (κ1) is 57.1. The van der Waals surface area contributed by atoms with Crippen LogP contribution in [-0.4, -0.2) is 35.6 Å². The van der Waals surface area contributed by atoms with E-state index in [0.29, 0.717) is 12.8 Å². The van der Waals surface area contributed by atoms with Gasteiger partial charge in [0.2, 0.25) is 5.91 Å². The normalized spacial score (nSPS) is 12.6. The van der Waals surface area contributed by atoms with Gasteiger partial charge in [-0.1, -0.05) is 197 Å². The number of aliphatic carboxylic acids is 1. The van der Waals surface area contributed by atoms with Crippen molar-refractivity contribution in [2.75, 3.05) is 6.54 Å². The third kappa shape index (κ3) is 47.8. The van der Waals surface area contributed by atoms with E-state index in [-0.39, 0.29) is 24.5 Å². The molecule has 1 amide bonds. The number of carboxylic acid groups (broad SMARTS) is 1. The first-order chi connectivity index (χ1) is 29.5. The molecule has 0 aromatic rings. The molecule has 0 aliphatic heterocycles. The Morgan fingerprint density at radius 2 is 0.817 bits per heavy atom. The molecule has 0 fully saturated rings. The molecular formula is C54H95NO5. The molecule has 6 nitrogen and oxygen atoms in total. The lowest BCUT2D eigenvalue weighted by Crippen LogP contribution is -2.28. The van der Waals surface area contributed by atoms with Crippen molar-refractivity contribution in [3.63, 3.8) is 0 Å². The zero-order chi connectivity index (χ0) is 43.7. The number of allylic oxidation sites excluding steroid dienone is 10. The Morgan fingerprint density at radius 1 is 0.450 bits per heavy atom. The zero-order valence-electron chi connectivity index (χ0n) is 39.3. The molecule has 0 saturated heterocycles. The molecule has 0 rings (SSSR count). The number of rotatable bonds is 46. The van der Waals surface area contributed by atoms with Crippen molar-refractivity contribution in [2.24, 2.45) is 0 Å². The maximum Gasteiger partial charge on any atom is 0.322 e. The largest absolute Gasteiger partial charge is 0.480 e. The molecule has 1 atom stereocenters. The van der Waals surface area contributed by atoms with E-state index < -0.39 is 5.97 Å². The highest BCUT2D eigenvalue weighted by Gasteiger charge is 2.14. The molecule has 6 heteroatoms. The van der Waals surface area contributed by atoms with Crippen molar-refractivity contribution in [3.05, 3.63) is 60.8 Å². The number of nitrogens with one attached hydrogen (secondary N) is 1. The van der Waals surface area contributed by atoms with E-state index >= 15 is 0 Å². The SMILES string of the molecule is CC/C=C\C/C=C\C/C=C\C/C=C\CCCCC(CCCCCCCC(=O)NCC(=O)O)OC(=O)CCCCCCCCCCCCC/C=C\CCCCCCCCCC. The maximum atomic E-state index is 12.8. The Bertz CT molecular complexity index is 1110. The summed E-state index contributed by atoms with van der Waals surface area (Å²) in [6, 6.07) is 0. The molecule has 1 unspecified atom stereocenters. The van der Waals surface area contributed by atoms with Crippen LogP contribution in [0.25, 0.3) is 0 Å². The minimum Gasteiger partial charge on any atom is -0.480 e. The monoisotopic (exact) mass is 838 g/mol. The molecule has 0 radical (unpaired) electrons. The lowest BCUT2D eigenvalue weighted by molar-refractivity contribution is -0.150. The Hall–Kier alpha value is -2.89. The van der Waals surface area contributed by atoms with E-state index in [0.717, 1.165) is 103 Å². The number of carboxylic acids is 1. The van der Waals surface area contributed by atoms with Gasteiger partial charge in [-0.25, -0.2) is 0 Å². The van der Waals surface area contributed by atoms with E-state index in [1.807, 2.05) is 0 Å². The number of unbranched alkanes of at least 4 members (excludes halogenated alkanes) is 25. The van der Waals surface area contributed by atoms with Gasteiger partial charge in [-0.05, 0) is 103 Å². The van der Waals surface area contributed by atoms with Gasteiger partial charge >= 0.3 is 11.9 Å².